The molecule has 1 N–H and O–H groups in total. The van der Waals surface area contributed by atoms with Crippen molar-refractivity contribution in [1.82, 2.24) is 20.2 Å². The summed E-state index contributed by atoms with van der Waals surface area (Å²) in [5.41, 5.74) is -1.68. The summed E-state index contributed by atoms with van der Waals surface area (Å²) in [6, 6.07) is 11.6. The first-order valence-electron chi connectivity index (χ1n) is 11.6. The average Bonchev–Trinajstić information content (AvgIpc) is 2.86. The lowest BCUT2D eigenvalue weighted by molar-refractivity contribution is -0.116. The van der Waals surface area contributed by atoms with Gasteiger partial charge in [-0.3, -0.25) is 14.7 Å². The van der Waals surface area contributed by atoms with E-state index in [1.165, 1.54) is 18.2 Å². The van der Waals surface area contributed by atoms with Crippen molar-refractivity contribution in [3.63, 3.8) is 0 Å². The summed E-state index contributed by atoms with van der Waals surface area (Å²) < 4.78 is 64.5. The van der Waals surface area contributed by atoms with E-state index in [1.54, 1.807) is 18.3 Å². The van der Waals surface area contributed by atoms with Crippen molar-refractivity contribution in [2.24, 2.45) is 0 Å². The zero-order valence-electron chi connectivity index (χ0n) is 19.7. The maximum Gasteiger partial charge on any atom is 0.534 e. The van der Waals surface area contributed by atoms with Crippen molar-refractivity contribution in [3.05, 3.63) is 71.6 Å². The van der Waals surface area contributed by atoms with Crippen molar-refractivity contribution in [3.8, 4) is 5.75 Å². The monoisotopic (exact) mass is 534 g/mol. The summed E-state index contributed by atoms with van der Waals surface area (Å²) in [5.74, 6) is -0.591. The van der Waals surface area contributed by atoms with Crippen molar-refractivity contribution in [2.45, 2.75) is 31.3 Å². The molecule has 1 aromatic heterocycles. The number of carbonyl (C=O) groups excluding carboxylic acids is 1. The van der Waals surface area contributed by atoms with Crippen LogP contribution in [-0.2, 0) is 27.9 Å². The topological polar surface area (TPSA) is 101 Å². The highest BCUT2D eigenvalue weighted by Gasteiger charge is 2.48. The Bertz CT molecular complexity index is 1410. The molecule has 3 aromatic rings. The Labute approximate surface area is 212 Å². The average molecular weight is 535 g/mol. The smallest absolute Gasteiger partial charge is 0.376 e. The Hall–Kier alpha value is -3.51. The lowest BCUT2D eigenvalue weighted by atomic mass is 9.99. The van der Waals surface area contributed by atoms with Gasteiger partial charge in [0.05, 0.1) is 22.9 Å². The maximum absolute atomic E-state index is 12.6. The fraction of sp³-hybridized carbons (Fsp3) is 0.320. The first-order valence-corrected chi connectivity index (χ1v) is 13.0. The molecule has 4 rings (SSSR count). The molecular weight excluding hydrogens is 509 g/mol. The SMILES string of the molecule is O=C(C=Cc1cnc2ccccc2n1)NCCCCN1CCc2ccc(OS(=O)(=O)C(F)(F)F)cc2C1. The van der Waals surface area contributed by atoms with Gasteiger partial charge in [-0.2, -0.15) is 21.6 Å². The largest absolute Gasteiger partial charge is 0.534 e. The van der Waals surface area contributed by atoms with Crippen LogP contribution in [-0.4, -0.2) is 54.3 Å². The molecular formula is C25H25F3N4O4S. The third kappa shape index (κ3) is 7.04. The van der Waals surface area contributed by atoms with Crippen LogP contribution in [0.1, 0.15) is 29.7 Å². The zero-order chi connectivity index (χ0) is 26.5. The van der Waals surface area contributed by atoms with E-state index < -0.39 is 15.6 Å². The minimum absolute atomic E-state index is 0.233. The number of benzene rings is 2. The number of aromatic nitrogens is 2. The molecule has 0 radical (unpaired) electrons. The second kappa shape index (κ2) is 11.3. The van der Waals surface area contributed by atoms with Gasteiger partial charge in [0, 0.05) is 25.7 Å². The Morgan fingerprint density at radius 1 is 1.11 bits per heavy atom. The van der Waals surface area contributed by atoms with E-state index in [1.807, 2.05) is 24.3 Å². The number of nitrogens with zero attached hydrogens (tertiary/aromatic N) is 3. The van der Waals surface area contributed by atoms with Crippen LogP contribution in [0.5, 0.6) is 5.75 Å². The summed E-state index contributed by atoms with van der Waals surface area (Å²) in [5, 5.41) is 2.83. The Morgan fingerprint density at radius 2 is 1.89 bits per heavy atom. The van der Waals surface area contributed by atoms with Crippen LogP contribution in [0, 0.1) is 0 Å². The minimum atomic E-state index is -5.71. The van der Waals surface area contributed by atoms with Gasteiger partial charge in [-0.1, -0.05) is 18.2 Å². The second-order valence-corrected chi connectivity index (χ2v) is 10.1. The van der Waals surface area contributed by atoms with E-state index in [2.05, 4.69) is 24.4 Å². The third-order valence-electron chi connectivity index (χ3n) is 5.83. The molecule has 0 saturated heterocycles. The Balaban J connectivity index is 1.20. The van der Waals surface area contributed by atoms with Gasteiger partial charge in [-0.05, 0) is 67.3 Å². The number of hydrogen-bond acceptors (Lipinski definition) is 7. The standard InChI is InChI=1S/C25H25F3N4O4S/c26-25(27,28)37(34,35)36-21-9-7-18-11-14-32(17-19(18)15-21)13-4-3-12-29-24(33)10-8-20-16-30-22-5-1-2-6-23(22)31-20/h1-2,5-10,15-16H,3-4,11-14,17H2,(H,29,33). The van der Waals surface area contributed by atoms with E-state index in [9.17, 15) is 26.4 Å². The fourth-order valence-corrected chi connectivity index (χ4v) is 4.40. The van der Waals surface area contributed by atoms with Crippen LogP contribution >= 0.6 is 0 Å². The van der Waals surface area contributed by atoms with Gasteiger partial charge >= 0.3 is 15.6 Å². The molecule has 8 nitrogen and oxygen atoms in total. The third-order valence-corrected chi connectivity index (χ3v) is 6.81. The zero-order valence-corrected chi connectivity index (χ0v) is 20.6. The van der Waals surface area contributed by atoms with Gasteiger partial charge in [0.2, 0.25) is 5.91 Å². The number of unbranched alkanes of at least 4 members (excludes halogenated alkanes) is 1. The highest BCUT2D eigenvalue weighted by Crippen LogP contribution is 2.29. The van der Waals surface area contributed by atoms with Crippen LogP contribution in [0.15, 0.2) is 54.7 Å². The quantitative estimate of drug-likeness (QED) is 0.193. The predicted octanol–water partition coefficient (Wildman–Crippen LogP) is 3.83. The molecule has 2 aromatic carbocycles. The van der Waals surface area contributed by atoms with Gasteiger partial charge in [0.25, 0.3) is 0 Å². The van der Waals surface area contributed by atoms with Crippen LogP contribution in [0.2, 0.25) is 0 Å². The summed E-state index contributed by atoms with van der Waals surface area (Å²) in [6.07, 6.45) is 6.87. The van der Waals surface area contributed by atoms with E-state index in [0.717, 1.165) is 48.1 Å². The highest BCUT2D eigenvalue weighted by molar-refractivity contribution is 7.88. The van der Waals surface area contributed by atoms with E-state index in [0.29, 0.717) is 25.2 Å². The van der Waals surface area contributed by atoms with Gasteiger partial charge in [0.15, 0.2) is 0 Å². The molecule has 0 atom stereocenters. The number of carbonyl (C=O) groups is 1. The van der Waals surface area contributed by atoms with Crippen molar-refractivity contribution < 1.29 is 30.6 Å². The molecule has 2 heterocycles. The van der Waals surface area contributed by atoms with E-state index in [-0.39, 0.29) is 11.7 Å². The predicted molar refractivity (Wildman–Crippen MR) is 132 cm³/mol. The molecule has 0 unspecified atom stereocenters. The van der Waals surface area contributed by atoms with Crippen molar-refractivity contribution in [1.29, 1.82) is 0 Å². The lowest BCUT2D eigenvalue weighted by Crippen LogP contribution is -2.32. The molecule has 0 bridgehead atoms. The number of amides is 1. The van der Waals surface area contributed by atoms with Crippen LogP contribution < -0.4 is 9.50 Å². The minimum Gasteiger partial charge on any atom is -0.376 e. The van der Waals surface area contributed by atoms with Crippen LogP contribution in [0.25, 0.3) is 17.1 Å². The van der Waals surface area contributed by atoms with Crippen LogP contribution in [0.4, 0.5) is 13.2 Å². The molecule has 12 heteroatoms. The molecule has 0 fully saturated rings. The van der Waals surface area contributed by atoms with E-state index in [4.69, 9.17) is 0 Å². The Morgan fingerprint density at radius 3 is 2.68 bits per heavy atom. The number of hydrogen-bond donors (Lipinski definition) is 1. The van der Waals surface area contributed by atoms with Gasteiger partial charge in [-0.15, -0.1) is 0 Å². The second-order valence-electron chi connectivity index (χ2n) is 8.55. The number of alkyl halides is 3. The Kier molecular flexibility index (Phi) is 8.08. The first kappa shape index (κ1) is 26.6. The fourth-order valence-electron chi connectivity index (χ4n) is 3.95. The highest BCUT2D eigenvalue weighted by atomic mass is 32.2. The molecule has 0 saturated carbocycles. The molecule has 1 aliphatic rings. The summed E-state index contributed by atoms with van der Waals surface area (Å²) in [4.78, 5) is 23.0. The van der Waals surface area contributed by atoms with Gasteiger partial charge in [-0.25, -0.2) is 4.98 Å². The van der Waals surface area contributed by atoms with Crippen LogP contribution in [0.3, 0.4) is 0 Å². The summed E-state index contributed by atoms with van der Waals surface area (Å²) in [6.45, 7) is 2.46. The molecule has 0 spiro atoms. The van der Waals surface area contributed by atoms with Gasteiger partial charge in [0.1, 0.15) is 5.75 Å². The molecule has 0 aliphatic carbocycles. The first-order chi connectivity index (χ1) is 17.6. The molecule has 196 valence electrons. The van der Waals surface area contributed by atoms with Crippen molar-refractivity contribution >= 4 is 33.1 Å². The maximum atomic E-state index is 12.6. The number of rotatable bonds is 9. The summed E-state index contributed by atoms with van der Waals surface area (Å²) >= 11 is 0. The van der Waals surface area contributed by atoms with Gasteiger partial charge < -0.3 is 9.50 Å². The molecule has 37 heavy (non-hydrogen) atoms. The number of nitrogens with one attached hydrogen (secondary N) is 1. The normalized spacial score (nSPS) is 14.6. The van der Waals surface area contributed by atoms with E-state index >= 15 is 0 Å². The summed E-state index contributed by atoms with van der Waals surface area (Å²) in [7, 11) is -5.71. The lowest BCUT2D eigenvalue weighted by Gasteiger charge is -2.29. The number of halogens is 3. The molecule has 1 aliphatic heterocycles. The number of fused-ring (bicyclic) bond motifs is 2. The molecule has 1 amide bonds. The van der Waals surface area contributed by atoms with Crippen molar-refractivity contribution in [2.75, 3.05) is 19.6 Å². The number of para-hydroxylation sites is 2.